The second-order valence-electron chi connectivity index (χ2n) is 8.58. The van der Waals surface area contributed by atoms with Crippen molar-refractivity contribution >= 4 is 22.8 Å². The molecule has 1 fully saturated rings. The summed E-state index contributed by atoms with van der Waals surface area (Å²) >= 11 is 0. The van der Waals surface area contributed by atoms with Gasteiger partial charge in [-0.15, -0.1) is 0 Å². The van der Waals surface area contributed by atoms with Gasteiger partial charge in [-0.3, -0.25) is 9.78 Å². The predicted octanol–water partition coefficient (Wildman–Crippen LogP) is 1.65. The van der Waals surface area contributed by atoms with Crippen LogP contribution in [0.5, 0.6) is 11.6 Å². The smallest absolute Gasteiger partial charge is 0.263 e. The summed E-state index contributed by atoms with van der Waals surface area (Å²) in [6, 6.07) is 9.57. The van der Waals surface area contributed by atoms with E-state index >= 15 is 0 Å². The van der Waals surface area contributed by atoms with Gasteiger partial charge in [0.1, 0.15) is 0 Å². The molecule has 0 saturated carbocycles. The maximum absolute atomic E-state index is 11.5. The monoisotopic (exact) mass is 464 g/mol. The minimum Gasteiger partial charge on any atom is -0.481 e. The molecule has 3 aromatic heterocycles. The van der Waals surface area contributed by atoms with Gasteiger partial charge in [0.25, 0.3) is 5.91 Å². The lowest BCUT2D eigenvalue weighted by atomic mass is 10.0. The van der Waals surface area contributed by atoms with E-state index < -0.39 is 6.10 Å². The Morgan fingerprint density at radius 3 is 2.91 bits per heavy atom. The number of aliphatic hydroxyl groups is 1. The summed E-state index contributed by atoms with van der Waals surface area (Å²) in [6.45, 7) is 2.96. The van der Waals surface area contributed by atoms with Crippen molar-refractivity contribution in [1.82, 2.24) is 25.2 Å². The molecule has 1 amide bonds. The molecule has 10 heteroatoms. The number of carbonyl (C=O) groups is 1. The van der Waals surface area contributed by atoms with Crippen LogP contribution in [0.4, 0.5) is 5.82 Å². The van der Waals surface area contributed by atoms with Gasteiger partial charge in [0.05, 0.1) is 29.9 Å². The second-order valence-corrected chi connectivity index (χ2v) is 8.58. The molecule has 0 radical (unpaired) electrons. The van der Waals surface area contributed by atoms with Gasteiger partial charge in [-0.05, 0) is 50.2 Å². The maximum atomic E-state index is 11.5. The number of nitrogens with one attached hydrogen (secondary N) is 2. The number of rotatable bonds is 7. The van der Waals surface area contributed by atoms with Crippen molar-refractivity contribution < 1.29 is 19.4 Å². The topological polar surface area (TPSA) is 122 Å². The highest BCUT2D eigenvalue weighted by molar-refractivity contribution is 5.94. The first-order valence-corrected chi connectivity index (χ1v) is 11.4. The van der Waals surface area contributed by atoms with Crippen molar-refractivity contribution in [3.05, 3.63) is 47.8 Å². The van der Waals surface area contributed by atoms with E-state index in [0.29, 0.717) is 42.1 Å². The van der Waals surface area contributed by atoms with Crippen molar-refractivity contribution in [2.75, 3.05) is 38.7 Å². The lowest BCUT2D eigenvalue weighted by molar-refractivity contribution is -0.118. The van der Waals surface area contributed by atoms with E-state index in [-0.39, 0.29) is 12.5 Å². The number of ether oxygens (including phenoxy) is 2. The number of piperidine rings is 1. The van der Waals surface area contributed by atoms with Crippen LogP contribution >= 0.6 is 0 Å². The van der Waals surface area contributed by atoms with E-state index in [1.807, 2.05) is 24.3 Å². The fraction of sp³-hybridized carbons (Fsp3) is 0.417. The van der Waals surface area contributed by atoms with Gasteiger partial charge >= 0.3 is 0 Å². The number of likely N-dealkylation sites (tertiary alicyclic amines) is 1. The van der Waals surface area contributed by atoms with Gasteiger partial charge in [-0.1, -0.05) is 0 Å². The van der Waals surface area contributed by atoms with Gasteiger partial charge < -0.3 is 30.1 Å². The third-order valence-corrected chi connectivity index (χ3v) is 6.28. The minimum absolute atomic E-state index is 0.0294. The SMILES string of the molecule is COc1ccc2nccc([C@H](O)CN3CCC(NCc4ccc5c(n4)NC(=O)CO5)CC3)c2n1. The molecule has 10 nitrogen and oxygen atoms in total. The molecular weight excluding hydrogens is 436 g/mol. The standard InChI is InChI=1S/C24H28N6O4/c1-33-22-5-3-18-23(29-22)17(6-9-25-18)19(31)13-30-10-7-15(8-11-30)26-12-16-2-4-20-24(27-16)28-21(32)14-34-20/h2-6,9,15,19,26,31H,7-8,10-14H2,1H3,(H,27,28,32)/t19-/m1/s1. The van der Waals surface area contributed by atoms with Gasteiger partial charge in [-0.25, -0.2) is 9.97 Å². The van der Waals surface area contributed by atoms with E-state index in [0.717, 1.165) is 42.7 Å². The van der Waals surface area contributed by atoms with Crippen LogP contribution in [0.1, 0.15) is 30.2 Å². The molecule has 3 aromatic rings. The Labute approximate surface area is 197 Å². The number of hydrogen-bond acceptors (Lipinski definition) is 9. The van der Waals surface area contributed by atoms with Gasteiger partial charge in [-0.2, -0.15) is 0 Å². The maximum Gasteiger partial charge on any atom is 0.263 e. The number of anilines is 1. The summed E-state index contributed by atoms with van der Waals surface area (Å²) in [6.07, 6.45) is 2.99. The summed E-state index contributed by atoms with van der Waals surface area (Å²) in [7, 11) is 1.58. The van der Waals surface area contributed by atoms with Crippen LogP contribution < -0.4 is 20.1 Å². The normalized spacial score (nSPS) is 17.6. The number of pyridine rings is 3. The van der Waals surface area contributed by atoms with Crippen LogP contribution in [0.15, 0.2) is 36.5 Å². The molecule has 5 rings (SSSR count). The number of carbonyl (C=O) groups excluding carboxylic acids is 1. The van der Waals surface area contributed by atoms with E-state index in [4.69, 9.17) is 9.47 Å². The second kappa shape index (κ2) is 9.88. The third kappa shape index (κ3) is 4.93. The van der Waals surface area contributed by atoms with E-state index in [9.17, 15) is 9.90 Å². The molecule has 0 unspecified atom stereocenters. The average molecular weight is 465 g/mol. The minimum atomic E-state index is -0.660. The van der Waals surface area contributed by atoms with Gasteiger partial charge in [0.2, 0.25) is 5.88 Å². The number of fused-ring (bicyclic) bond motifs is 2. The quantitative estimate of drug-likeness (QED) is 0.479. The van der Waals surface area contributed by atoms with Crippen molar-refractivity contribution in [3.8, 4) is 11.6 Å². The fourth-order valence-corrected chi connectivity index (χ4v) is 4.42. The molecule has 0 bridgehead atoms. The lowest BCUT2D eigenvalue weighted by Crippen LogP contribution is -2.43. The molecule has 34 heavy (non-hydrogen) atoms. The highest BCUT2D eigenvalue weighted by atomic mass is 16.5. The Bertz CT molecular complexity index is 1180. The first-order chi connectivity index (χ1) is 16.6. The Morgan fingerprint density at radius 1 is 1.24 bits per heavy atom. The number of nitrogens with zero attached hydrogens (tertiary/aromatic N) is 4. The zero-order valence-corrected chi connectivity index (χ0v) is 19.0. The molecular formula is C24H28N6O4. The van der Waals surface area contributed by atoms with Crippen molar-refractivity contribution in [2.24, 2.45) is 0 Å². The highest BCUT2D eigenvalue weighted by Gasteiger charge is 2.23. The zero-order valence-electron chi connectivity index (χ0n) is 19.0. The molecule has 3 N–H and O–H groups in total. The molecule has 1 atom stereocenters. The molecule has 2 aliphatic heterocycles. The highest BCUT2D eigenvalue weighted by Crippen LogP contribution is 2.26. The van der Waals surface area contributed by atoms with Crippen LogP contribution in [0.3, 0.4) is 0 Å². The number of β-amino-alcohol motifs (C(OH)–C–C–N with tert-alkyl or cyclic N) is 1. The molecule has 1 saturated heterocycles. The third-order valence-electron chi connectivity index (χ3n) is 6.28. The van der Waals surface area contributed by atoms with Crippen LogP contribution in [0.25, 0.3) is 11.0 Å². The Kier molecular flexibility index (Phi) is 6.52. The summed E-state index contributed by atoms with van der Waals surface area (Å²) in [5.74, 6) is 1.40. The summed E-state index contributed by atoms with van der Waals surface area (Å²) in [4.78, 5) is 27.1. The average Bonchev–Trinajstić information content (AvgIpc) is 2.87. The van der Waals surface area contributed by atoms with E-state index in [2.05, 4.69) is 30.5 Å². The first-order valence-electron chi connectivity index (χ1n) is 11.4. The van der Waals surface area contributed by atoms with Crippen molar-refractivity contribution in [1.29, 1.82) is 0 Å². The van der Waals surface area contributed by atoms with Crippen molar-refractivity contribution in [2.45, 2.75) is 31.5 Å². The lowest BCUT2D eigenvalue weighted by Gasteiger charge is -2.33. The number of aliphatic hydroxyl groups excluding tert-OH is 1. The van der Waals surface area contributed by atoms with E-state index in [1.165, 1.54) is 0 Å². The molecule has 0 aliphatic carbocycles. The molecule has 178 valence electrons. The Morgan fingerprint density at radius 2 is 2.09 bits per heavy atom. The largest absolute Gasteiger partial charge is 0.481 e. The van der Waals surface area contributed by atoms with Crippen molar-refractivity contribution in [3.63, 3.8) is 0 Å². The van der Waals surface area contributed by atoms with Crippen LogP contribution in [-0.2, 0) is 11.3 Å². The number of methoxy groups -OCH3 is 1. The number of hydrogen-bond donors (Lipinski definition) is 3. The summed E-state index contributed by atoms with van der Waals surface area (Å²) in [5.41, 5.74) is 3.03. The first kappa shape index (κ1) is 22.5. The van der Waals surface area contributed by atoms with Crippen LogP contribution in [0, 0.1) is 0 Å². The number of amides is 1. The summed E-state index contributed by atoms with van der Waals surface area (Å²) < 4.78 is 10.6. The van der Waals surface area contributed by atoms with E-state index in [1.54, 1.807) is 19.4 Å². The molecule has 5 heterocycles. The molecule has 0 spiro atoms. The Balaban J connectivity index is 1.14. The van der Waals surface area contributed by atoms with Gasteiger partial charge in [0.15, 0.2) is 18.2 Å². The van der Waals surface area contributed by atoms with Crippen LogP contribution in [-0.4, -0.2) is 70.3 Å². The fourth-order valence-electron chi connectivity index (χ4n) is 4.42. The molecule has 0 aromatic carbocycles. The molecule has 2 aliphatic rings. The van der Waals surface area contributed by atoms with Gasteiger partial charge in [0, 0.05) is 37.0 Å². The Hall–Kier alpha value is -3.34. The summed E-state index contributed by atoms with van der Waals surface area (Å²) in [5, 5.41) is 17.3. The number of aromatic nitrogens is 3. The predicted molar refractivity (Wildman–Crippen MR) is 126 cm³/mol. The zero-order chi connectivity index (χ0) is 23.5. The van der Waals surface area contributed by atoms with Crippen LogP contribution in [0.2, 0.25) is 0 Å².